The molecular weight excluding hydrogens is 253 g/mol. The molecule has 1 nitrogen and oxygen atoms in total. The predicted molar refractivity (Wildman–Crippen MR) is 66.0 cm³/mol. The Morgan fingerprint density at radius 3 is 2.37 bits per heavy atom. The Hall–Kier alpha value is -1.81. The summed E-state index contributed by atoms with van der Waals surface area (Å²) in [6, 6.07) is 9.01. The van der Waals surface area contributed by atoms with Crippen molar-refractivity contribution in [3.8, 4) is 0 Å². The van der Waals surface area contributed by atoms with Crippen LogP contribution in [0.5, 0.6) is 0 Å². The molecule has 0 bridgehead atoms. The van der Waals surface area contributed by atoms with Crippen LogP contribution in [0.25, 0.3) is 0 Å². The molecule has 0 aliphatic carbocycles. The van der Waals surface area contributed by atoms with Gasteiger partial charge in [0.1, 0.15) is 5.82 Å². The van der Waals surface area contributed by atoms with Crippen LogP contribution in [0.2, 0.25) is 0 Å². The zero-order valence-corrected chi connectivity index (χ0v) is 10.3. The standard InChI is InChI=1S/C15H13F3O/c1-15(19,11-3-2-4-12(16)8-11)9-10-5-6-13(17)14(18)7-10/h2-8,19H,9H2,1H3. The van der Waals surface area contributed by atoms with E-state index in [4.69, 9.17) is 0 Å². The van der Waals surface area contributed by atoms with E-state index in [1.165, 1.54) is 31.2 Å². The first-order valence-corrected chi connectivity index (χ1v) is 5.81. The number of rotatable bonds is 3. The van der Waals surface area contributed by atoms with E-state index in [1.807, 2.05) is 0 Å². The van der Waals surface area contributed by atoms with E-state index in [0.29, 0.717) is 11.1 Å². The number of aliphatic hydroxyl groups is 1. The molecule has 19 heavy (non-hydrogen) atoms. The SMILES string of the molecule is CC(O)(Cc1ccc(F)c(F)c1)c1cccc(F)c1. The molecule has 2 aromatic rings. The second-order valence-corrected chi connectivity index (χ2v) is 4.71. The molecule has 0 amide bonds. The van der Waals surface area contributed by atoms with Gasteiger partial charge in [-0.05, 0) is 42.3 Å². The molecule has 2 rings (SSSR count). The molecular formula is C15H13F3O. The van der Waals surface area contributed by atoms with Crippen LogP contribution in [0.15, 0.2) is 42.5 Å². The van der Waals surface area contributed by atoms with Crippen molar-refractivity contribution in [2.45, 2.75) is 18.9 Å². The van der Waals surface area contributed by atoms with E-state index in [1.54, 1.807) is 6.07 Å². The molecule has 1 unspecified atom stereocenters. The quantitative estimate of drug-likeness (QED) is 0.900. The molecule has 0 saturated heterocycles. The Morgan fingerprint density at radius 2 is 1.74 bits per heavy atom. The molecule has 100 valence electrons. The maximum absolute atomic E-state index is 13.1. The van der Waals surface area contributed by atoms with E-state index in [2.05, 4.69) is 0 Å². The highest BCUT2D eigenvalue weighted by Gasteiger charge is 2.24. The van der Waals surface area contributed by atoms with Crippen molar-refractivity contribution in [1.29, 1.82) is 0 Å². The Kier molecular flexibility index (Phi) is 3.62. The smallest absolute Gasteiger partial charge is 0.159 e. The molecule has 0 fully saturated rings. The van der Waals surface area contributed by atoms with Crippen LogP contribution in [-0.2, 0) is 12.0 Å². The van der Waals surface area contributed by atoms with Gasteiger partial charge in [-0.25, -0.2) is 13.2 Å². The normalized spacial score (nSPS) is 14.2. The van der Waals surface area contributed by atoms with Gasteiger partial charge in [-0.1, -0.05) is 18.2 Å². The van der Waals surface area contributed by atoms with Crippen molar-refractivity contribution in [3.05, 3.63) is 71.0 Å². The minimum absolute atomic E-state index is 0.0631. The zero-order valence-electron chi connectivity index (χ0n) is 10.3. The van der Waals surface area contributed by atoms with Gasteiger partial charge in [0.05, 0.1) is 5.60 Å². The fraction of sp³-hybridized carbons (Fsp3) is 0.200. The van der Waals surface area contributed by atoms with E-state index >= 15 is 0 Å². The highest BCUT2D eigenvalue weighted by Crippen LogP contribution is 2.26. The molecule has 0 saturated carbocycles. The molecule has 0 spiro atoms. The number of hydrogen-bond donors (Lipinski definition) is 1. The van der Waals surface area contributed by atoms with Crippen LogP contribution in [0.4, 0.5) is 13.2 Å². The van der Waals surface area contributed by atoms with Crippen LogP contribution in [0.3, 0.4) is 0 Å². The van der Waals surface area contributed by atoms with Gasteiger partial charge in [0, 0.05) is 6.42 Å². The van der Waals surface area contributed by atoms with Crippen LogP contribution >= 0.6 is 0 Å². The van der Waals surface area contributed by atoms with E-state index in [9.17, 15) is 18.3 Å². The first kappa shape index (κ1) is 13.6. The maximum atomic E-state index is 13.1. The fourth-order valence-electron chi connectivity index (χ4n) is 1.97. The Bertz CT molecular complexity index is 594. The summed E-state index contributed by atoms with van der Waals surface area (Å²) in [5, 5.41) is 10.3. The molecule has 1 atom stereocenters. The number of hydrogen-bond acceptors (Lipinski definition) is 1. The summed E-state index contributed by atoms with van der Waals surface area (Å²) in [6.07, 6.45) is 0.0631. The fourth-order valence-corrected chi connectivity index (χ4v) is 1.97. The van der Waals surface area contributed by atoms with Crippen molar-refractivity contribution < 1.29 is 18.3 Å². The zero-order chi connectivity index (χ0) is 14.0. The van der Waals surface area contributed by atoms with Gasteiger partial charge in [0.2, 0.25) is 0 Å². The topological polar surface area (TPSA) is 20.2 Å². The van der Waals surface area contributed by atoms with Crippen molar-refractivity contribution in [3.63, 3.8) is 0 Å². The largest absolute Gasteiger partial charge is 0.385 e. The Balaban J connectivity index is 2.27. The molecule has 0 aromatic heterocycles. The van der Waals surface area contributed by atoms with Crippen molar-refractivity contribution in [2.75, 3.05) is 0 Å². The predicted octanol–water partition coefficient (Wildman–Crippen LogP) is 3.55. The summed E-state index contributed by atoms with van der Waals surface area (Å²) in [4.78, 5) is 0. The van der Waals surface area contributed by atoms with E-state index in [0.717, 1.165) is 12.1 Å². The molecule has 4 heteroatoms. The van der Waals surface area contributed by atoms with E-state index < -0.39 is 23.1 Å². The molecule has 0 aliphatic heterocycles. The first-order valence-electron chi connectivity index (χ1n) is 5.81. The van der Waals surface area contributed by atoms with Gasteiger partial charge in [-0.2, -0.15) is 0 Å². The number of benzene rings is 2. The van der Waals surface area contributed by atoms with Crippen molar-refractivity contribution >= 4 is 0 Å². The Labute approximate surface area is 109 Å². The second kappa shape index (κ2) is 5.05. The van der Waals surface area contributed by atoms with Crippen molar-refractivity contribution in [1.82, 2.24) is 0 Å². The lowest BCUT2D eigenvalue weighted by atomic mass is 9.89. The van der Waals surface area contributed by atoms with Crippen molar-refractivity contribution in [2.24, 2.45) is 0 Å². The van der Waals surface area contributed by atoms with E-state index in [-0.39, 0.29) is 6.42 Å². The number of halogens is 3. The van der Waals surface area contributed by atoms with Crippen LogP contribution < -0.4 is 0 Å². The minimum atomic E-state index is -1.35. The van der Waals surface area contributed by atoms with Gasteiger partial charge in [-0.3, -0.25) is 0 Å². The van der Waals surface area contributed by atoms with Gasteiger partial charge in [0.15, 0.2) is 11.6 Å². The summed E-state index contributed by atoms with van der Waals surface area (Å²) in [7, 11) is 0. The third kappa shape index (κ3) is 3.15. The molecule has 0 aliphatic rings. The van der Waals surface area contributed by atoms with Gasteiger partial charge >= 0.3 is 0 Å². The summed E-state index contributed by atoms with van der Waals surface area (Å²) in [5.41, 5.74) is -0.530. The summed E-state index contributed by atoms with van der Waals surface area (Å²) in [6.45, 7) is 1.50. The lowest BCUT2D eigenvalue weighted by molar-refractivity contribution is 0.0572. The first-order chi connectivity index (χ1) is 8.88. The van der Waals surface area contributed by atoms with Gasteiger partial charge in [-0.15, -0.1) is 0 Å². The maximum Gasteiger partial charge on any atom is 0.159 e. The summed E-state index contributed by atoms with van der Waals surface area (Å²) in [5.74, 6) is -2.36. The minimum Gasteiger partial charge on any atom is -0.385 e. The molecule has 0 heterocycles. The van der Waals surface area contributed by atoms with Gasteiger partial charge in [0.25, 0.3) is 0 Å². The molecule has 1 N–H and O–H groups in total. The highest BCUT2D eigenvalue weighted by molar-refractivity contribution is 5.27. The lowest BCUT2D eigenvalue weighted by Gasteiger charge is -2.24. The highest BCUT2D eigenvalue weighted by atomic mass is 19.2. The summed E-state index contributed by atoms with van der Waals surface area (Å²) >= 11 is 0. The second-order valence-electron chi connectivity index (χ2n) is 4.71. The third-order valence-electron chi connectivity index (χ3n) is 2.98. The van der Waals surface area contributed by atoms with Crippen LogP contribution in [0.1, 0.15) is 18.1 Å². The Morgan fingerprint density at radius 1 is 1.00 bits per heavy atom. The average Bonchev–Trinajstić information content (AvgIpc) is 2.33. The third-order valence-corrected chi connectivity index (χ3v) is 2.98. The summed E-state index contributed by atoms with van der Waals surface area (Å²) < 4.78 is 39.1. The van der Waals surface area contributed by atoms with Crippen LogP contribution in [0, 0.1) is 17.5 Å². The lowest BCUT2D eigenvalue weighted by Crippen LogP contribution is -2.24. The molecule has 2 aromatic carbocycles. The van der Waals surface area contributed by atoms with Crippen LogP contribution in [-0.4, -0.2) is 5.11 Å². The monoisotopic (exact) mass is 266 g/mol. The van der Waals surface area contributed by atoms with Gasteiger partial charge < -0.3 is 5.11 Å². The average molecular weight is 266 g/mol. The molecule has 0 radical (unpaired) electrons.